The molecular formula is C13H21N3O4S. The fourth-order valence-electron chi connectivity index (χ4n) is 1.43. The number of hydrogen-bond donors (Lipinski definition) is 3. The van der Waals surface area contributed by atoms with Crippen molar-refractivity contribution >= 4 is 21.7 Å². The molecule has 1 aromatic carbocycles. The monoisotopic (exact) mass is 315 g/mol. The van der Waals surface area contributed by atoms with Crippen molar-refractivity contribution in [3.63, 3.8) is 0 Å². The minimum atomic E-state index is -3.75. The minimum Gasteiger partial charge on any atom is -0.492 e. The van der Waals surface area contributed by atoms with Gasteiger partial charge >= 0.3 is 6.03 Å². The number of ether oxygens (including phenoxy) is 1. The molecule has 7 nitrogen and oxygen atoms in total. The molecule has 0 saturated heterocycles. The van der Waals surface area contributed by atoms with Crippen LogP contribution in [0.1, 0.15) is 20.8 Å². The summed E-state index contributed by atoms with van der Waals surface area (Å²) in [4.78, 5) is 11.5. The largest absolute Gasteiger partial charge is 0.492 e. The third-order valence-corrected chi connectivity index (χ3v) is 3.42. The zero-order valence-corrected chi connectivity index (χ0v) is 13.2. The molecule has 0 spiro atoms. The van der Waals surface area contributed by atoms with Gasteiger partial charge in [-0.05, 0) is 32.9 Å². The molecule has 0 aliphatic carbocycles. The third-order valence-electron chi connectivity index (χ3n) is 2.22. The summed E-state index contributed by atoms with van der Waals surface area (Å²) < 4.78 is 30.6. The molecule has 0 atom stereocenters. The average molecular weight is 315 g/mol. The molecule has 8 heteroatoms. The molecule has 0 bridgehead atoms. The Kier molecular flexibility index (Phi) is 5.42. The second kappa shape index (κ2) is 6.66. The van der Waals surface area contributed by atoms with Crippen molar-refractivity contribution in [1.29, 1.82) is 0 Å². The van der Waals surface area contributed by atoms with E-state index in [-0.39, 0.29) is 12.4 Å². The Morgan fingerprint density at radius 1 is 1.33 bits per heavy atom. The van der Waals surface area contributed by atoms with E-state index in [4.69, 9.17) is 10.5 Å². The van der Waals surface area contributed by atoms with E-state index in [9.17, 15) is 13.2 Å². The fraction of sp³-hybridized carbons (Fsp3) is 0.462. The first-order valence-corrected chi connectivity index (χ1v) is 8.04. The van der Waals surface area contributed by atoms with Crippen LogP contribution in [0.3, 0.4) is 0 Å². The van der Waals surface area contributed by atoms with E-state index in [1.807, 2.05) is 4.72 Å². The summed E-state index contributed by atoms with van der Waals surface area (Å²) in [5.74, 6) is 0.142. The molecule has 1 rings (SSSR count). The molecular weight excluding hydrogens is 294 g/mol. The second-order valence-corrected chi connectivity index (χ2v) is 7.39. The maximum absolute atomic E-state index is 11.7. The van der Waals surface area contributed by atoms with Gasteiger partial charge in [-0.1, -0.05) is 6.07 Å². The van der Waals surface area contributed by atoms with Crippen molar-refractivity contribution < 1.29 is 17.9 Å². The molecule has 0 heterocycles. The Bertz CT molecular complexity index is 594. The van der Waals surface area contributed by atoms with E-state index in [0.717, 1.165) is 0 Å². The maximum atomic E-state index is 11.7. The zero-order valence-electron chi connectivity index (χ0n) is 12.3. The van der Waals surface area contributed by atoms with Gasteiger partial charge in [0.1, 0.15) is 18.1 Å². The molecule has 118 valence electrons. The topological polar surface area (TPSA) is 111 Å². The molecule has 0 aliphatic heterocycles. The van der Waals surface area contributed by atoms with Crippen LogP contribution in [0.4, 0.5) is 10.5 Å². The lowest BCUT2D eigenvalue weighted by atomic mass is 10.1. The van der Waals surface area contributed by atoms with Crippen LogP contribution in [0.5, 0.6) is 5.75 Å². The summed E-state index contributed by atoms with van der Waals surface area (Å²) in [5, 5.41) is 2.50. The molecule has 0 unspecified atom stereocenters. The van der Waals surface area contributed by atoms with Gasteiger partial charge in [-0.15, -0.1) is 0 Å². The first kappa shape index (κ1) is 17.1. The van der Waals surface area contributed by atoms with Crippen molar-refractivity contribution in [3.8, 4) is 5.75 Å². The third kappa shape index (κ3) is 7.40. The SMILES string of the molecule is CC(C)(C)NC(=O)NS(=O)(=O)CCOc1cccc(N)c1. The maximum Gasteiger partial charge on any atom is 0.328 e. The molecule has 1 aromatic rings. The van der Waals surface area contributed by atoms with Crippen molar-refractivity contribution in [1.82, 2.24) is 10.0 Å². The highest BCUT2D eigenvalue weighted by molar-refractivity contribution is 7.90. The molecule has 2 amide bonds. The fourth-order valence-corrected chi connectivity index (χ4v) is 2.17. The van der Waals surface area contributed by atoms with Crippen LogP contribution in [0.2, 0.25) is 0 Å². The normalized spacial score (nSPS) is 11.8. The smallest absolute Gasteiger partial charge is 0.328 e. The van der Waals surface area contributed by atoms with E-state index in [1.165, 1.54) is 0 Å². The first-order chi connectivity index (χ1) is 9.57. The lowest BCUT2D eigenvalue weighted by molar-refractivity contribution is 0.237. The Morgan fingerprint density at radius 2 is 2.00 bits per heavy atom. The number of nitrogen functional groups attached to an aromatic ring is 1. The van der Waals surface area contributed by atoms with Gasteiger partial charge in [0.2, 0.25) is 10.0 Å². The number of carbonyl (C=O) groups excluding carboxylic acids is 1. The first-order valence-electron chi connectivity index (χ1n) is 6.38. The lowest BCUT2D eigenvalue weighted by Crippen LogP contribution is -2.48. The summed E-state index contributed by atoms with van der Waals surface area (Å²) in [6, 6.07) is 5.90. The minimum absolute atomic E-state index is 0.0818. The Morgan fingerprint density at radius 3 is 2.57 bits per heavy atom. The summed E-state index contributed by atoms with van der Waals surface area (Å²) in [6.45, 7) is 5.17. The van der Waals surface area contributed by atoms with Gasteiger partial charge in [-0.3, -0.25) is 0 Å². The summed E-state index contributed by atoms with van der Waals surface area (Å²) in [7, 11) is -3.75. The van der Waals surface area contributed by atoms with Crippen LogP contribution in [-0.4, -0.2) is 32.3 Å². The van der Waals surface area contributed by atoms with Gasteiger partial charge in [0, 0.05) is 17.3 Å². The standard InChI is InChI=1S/C13H21N3O4S/c1-13(2,3)15-12(17)16-21(18,19)8-7-20-11-6-4-5-10(14)9-11/h4-6,9H,7-8,14H2,1-3H3,(H2,15,16,17). The van der Waals surface area contributed by atoms with E-state index in [0.29, 0.717) is 11.4 Å². The van der Waals surface area contributed by atoms with E-state index >= 15 is 0 Å². The van der Waals surface area contributed by atoms with Crippen LogP contribution < -0.4 is 20.5 Å². The van der Waals surface area contributed by atoms with Gasteiger partial charge < -0.3 is 15.8 Å². The number of nitrogens with two attached hydrogens (primary N) is 1. The van der Waals surface area contributed by atoms with Crippen LogP contribution >= 0.6 is 0 Å². The molecule has 0 aromatic heterocycles. The number of hydrogen-bond acceptors (Lipinski definition) is 5. The van der Waals surface area contributed by atoms with Gasteiger partial charge in [-0.2, -0.15) is 0 Å². The van der Waals surface area contributed by atoms with Crippen molar-refractivity contribution in [2.24, 2.45) is 0 Å². The second-order valence-electron chi connectivity index (χ2n) is 5.55. The Labute approximate surface area is 124 Å². The molecule has 0 fully saturated rings. The predicted octanol–water partition coefficient (Wildman–Crippen LogP) is 1.08. The molecule has 0 saturated carbocycles. The highest BCUT2D eigenvalue weighted by Gasteiger charge is 2.19. The Hall–Kier alpha value is -1.96. The van der Waals surface area contributed by atoms with Crippen molar-refractivity contribution in [2.75, 3.05) is 18.1 Å². The highest BCUT2D eigenvalue weighted by atomic mass is 32.2. The van der Waals surface area contributed by atoms with Gasteiger partial charge in [0.05, 0.1) is 0 Å². The van der Waals surface area contributed by atoms with Crippen molar-refractivity contribution in [2.45, 2.75) is 26.3 Å². The number of nitrogens with one attached hydrogen (secondary N) is 2. The molecule has 4 N–H and O–H groups in total. The van der Waals surface area contributed by atoms with Crippen molar-refractivity contribution in [3.05, 3.63) is 24.3 Å². The number of anilines is 1. The highest BCUT2D eigenvalue weighted by Crippen LogP contribution is 2.14. The summed E-state index contributed by atoms with van der Waals surface area (Å²) >= 11 is 0. The number of sulfonamides is 1. The molecule has 0 radical (unpaired) electrons. The van der Waals surface area contributed by atoms with E-state index in [1.54, 1.807) is 45.0 Å². The number of benzene rings is 1. The lowest BCUT2D eigenvalue weighted by Gasteiger charge is -2.20. The Balaban J connectivity index is 2.45. The summed E-state index contributed by atoms with van der Waals surface area (Å²) in [6.07, 6.45) is 0. The number of urea groups is 1. The quantitative estimate of drug-likeness (QED) is 0.704. The van der Waals surface area contributed by atoms with Gasteiger partial charge in [0.15, 0.2) is 0 Å². The number of carbonyl (C=O) groups is 1. The van der Waals surface area contributed by atoms with Gasteiger partial charge in [0.25, 0.3) is 0 Å². The van der Waals surface area contributed by atoms with Gasteiger partial charge in [-0.25, -0.2) is 17.9 Å². The summed E-state index contributed by atoms with van der Waals surface area (Å²) in [5.41, 5.74) is 5.59. The molecule has 0 aliphatic rings. The van der Waals surface area contributed by atoms with E-state index in [2.05, 4.69) is 5.32 Å². The van der Waals surface area contributed by atoms with Crippen LogP contribution in [0, 0.1) is 0 Å². The molecule has 21 heavy (non-hydrogen) atoms. The van der Waals surface area contributed by atoms with Crippen LogP contribution in [0.25, 0.3) is 0 Å². The number of amides is 2. The predicted molar refractivity (Wildman–Crippen MR) is 81.6 cm³/mol. The van der Waals surface area contributed by atoms with Crippen LogP contribution in [0.15, 0.2) is 24.3 Å². The zero-order chi connectivity index (χ0) is 16.1. The van der Waals surface area contributed by atoms with E-state index < -0.39 is 21.6 Å². The number of rotatable bonds is 5. The van der Waals surface area contributed by atoms with Crippen LogP contribution in [-0.2, 0) is 10.0 Å². The average Bonchev–Trinajstić information content (AvgIpc) is 2.24.